The molecule has 0 bridgehead atoms. The van der Waals surface area contributed by atoms with Crippen molar-refractivity contribution in [3.8, 4) is 11.5 Å². The molecule has 0 amide bonds. The number of nitrogens with one attached hydrogen (secondary N) is 2. The molecular weight excluding hydrogens is 852 g/mol. The lowest BCUT2D eigenvalue weighted by Gasteiger charge is -2.37. The normalized spacial score (nSPS) is 23.0. The third-order valence-corrected chi connectivity index (χ3v) is 13.9. The van der Waals surface area contributed by atoms with Crippen molar-refractivity contribution in [3.05, 3.63) is 145 Å². The van der Waals surface area contributed by atoms with Crippen molar-refractivity contribution in [3.63, 3.8) is 0 Å². The molecule has 3 fully saturated rings. The summed E-state index contributed by atoms with van der Waals surface area (Å²) >= 11 is 0. The highest BCUT2D eigenvalue weighted by molar-refractivity contribution is 7.52. The van der Waals surface area contributed by atoms with Gasteiger partial charge in [-0.25, -0.2) is 19.5 Å². The molecule has 2 N–H and O–H groups in total. The van der Waals surface area contributed by atoms with E-state index >= 15 is 0 Å². The summed E-state index contributed by atoms with van der Waals surface area (Å²) in [5.41, 5.74) is 2.81. The number of anilines is 1. The summed E-state index contributed by atoms with van der Waals surface area (Å²) in [5, 5.41) is 6.65. The minimum absolute atomic E-state index is 0.191. The van der Waals surface area contributed by atoms with Gasteiger partial charge in [0.1, 0.15) is 53.8 Å². The van der Waals surface area contributed by atoms with Crippen LogP contribution in [0.1, 0.15) is 68.9 Å². The SMILES string of the molecule is COc1ccc(C(Nc2ncnc3c2ncn3[C@@H]2O[C@H]([C@H](C)OP(=O)(N[C@@H](C)C(=O)OC3CCCCC3)Oc3ccccc3)[C@H]3OC(OC)O[C@H]32)(c2ccccc2)c2ccccc2)cc1. The third-order valence-electron chi connectivity index (χ3n) is 12.1. The number of ether oxygens (including phenoxy) is 6. The second-order valence-corrected chi connectivity index (χ2v) is 18.0. The molecule has 2 saturated heterocycles. The molecular formula is C48H53N6O10P. The Kier molecular flexibility index (Phi) is 13.3. The van der Waals surface area contributed by atoms with Crippen molar-refractivity contribution in [1.82, 2.24) is 24.6 Å². The zero-order valence-electron chi connectivity index (χ0n) is 36.6. The molecule has 16 nitrogen and oxygen atoms in total. The van der Waals surface area contributed by atoms with Crippen molar-refractivity contribution >= 4 is 30.7 Å². The number of carbonyl (C=O) groups is 1. The first-order chi connectivity index (χ1) is 31.7. The van der Waals surface area contributed by atoms with Gasteiger partial charge in [0.05, 0.1) is 19.5 Å². The monoisotopic (exact) mass is 904 g/mol. The molecule has 6 aromatic rings. The van der Waals surface area contributed by atoms with E-state index in [0.29, 0.717) is 17.0 Å². The largest absolute Gasteiger partial charge is 0.497 e. The molecule has 0 spiro atoms. The van der Waals surface area contributed by atoms with E-state index < -0.39 is 62.4 Å². The number of fused-ring (bicyclic) bond motifs is 2. The first-order valence-electron chi connectivity index (χ1n) is 21.9. The highest BCUT2D eigenvalue weighted by Gasteiger charge is 2.57. The molecule has 65 heavy (non-hydrogen) atoms. The Morgan fingerprint density at radius 3 is 2.05 bits per heavy atom. The Bertz CT molecular complexity index is 2530. The second-order valence-electron chi connectivity index (χ2n) is 16.4. The fourth-order valence-electron chi connectivity index (χ4n) is 8.92. The minimum Gasteiger partial charge on any atom is -0.497 e. The first-order valence-corrected chi connectivity index (χ1v) is 23.4. The number of imidazole rings is 1. The predicted molar refractivity (Wildman–Crippen MR) is 240 cm³/mol. The van der Waals surface area contributed by atoms with Gasteiger partial charge < -0.3 is 38.3 Å². The maximum absolute atomic E-state index is 14.8. The standard InChI is InChI=1S/C48H53N6O10P/c1-31(46(55)59-37-21-13-7-14-22-37)53-65(56,64-38-23-15-8-16-24-38)63-32(2)40-41-42(62-47(58-4)61-41)45(60-40)54-30-51-39-43(49-29-50-44(39)54)52-48(33-17-9-5-10-18-33,34-19-11-6-12-20-34)35-25-27-36(57-3)28-26-35/h5-6,8-12,15-20,23-32,37,40-42,45,47H,7,13-14,21-22H2,1-4H3,(H,53,56)(H,49,50,52)/t31-,32-,40+,41+,42+,45+,47?,65?/m0/s1. The lowest BCUT2D eigenvalue weighted by atomic mass is 9.77. The van der Waals surface area contributed by atoms with Crippen molar-refractivity contribution in [2.45, 2.75) is 101 Å². The molecule has 4 aromatic carbocycles. The number of benzene rings is 4. The summed E-state index contributed by atoms with van der Waals surface area (Å²) in [5.74, 6) is 0.908. The molecule has 1 aliphatic carbocycles. The van der Waals surface area contributed by atoms with Gasteiger partial charge in [0.15, 0.2) is 23.2 Å². The number of nitrogens with zero attached hydrogens (tertiary/aromatic N) is 4. The third kappa shape index (κ3) is 9.25. The summed E-state index contributed by atoms with van der Waals surface area (Å²) in [4.78, 5) is 27.7. The highest BCUT2D eigenvalue weighted by Crippen LogP contribution is 2.50. The summed E-state index contributed by atoms with van der Waals surface area (Å²) in [6.07, 6.45) is 3.33. The molecule has 3 aliphatic rings. The number of hydrogen-bond donors (Lipinski definition) is 2. The highest BCUT2D eigenvalue weighted by atomic mass is 31.2. The van der Waals surface area contributed by atoms with Crippen LogP contribution in [0.4, 0.5) is 5.82 Å². The topological polar surface area (TPSA) is 176 Å². The van der Waals surface area contributed by atoms with Crippen LogP contribution in [0.5, 0.6) is 11.5 Å². The van der Waals surface area contributed by atoms with E-state index in [2.05, 4.69) is 34.7 Å². The molecule has 2 aliphatic heterocycles. The van der Waals surface area contributed by atoms with Crippen LogP contribution in [0.3, 0.4) is 0 Å². The van der Waals surface area contributed by atoms with E-state index in [-0.39, 0.29) is 11.9 Å². The van der Waals surface area contributed by atoms with Crippen LogP contribution in [0.2, 0.25) is 0 Å². The van der Waals surface area contributed by atoms with Gasteiger partial charge in [0, 0.05) is 7.11 Å². The summed E-state index contributed by atoms with van der Waals surface area (Å²) < 4.78 is 65.0. The first kappa shape index (κ1) is 44.5. The Morgan fingerprint density at radius 2 is 1.40 bits per heavy atom. The summed E-state index contributed by atoms with van der Waals surface area (Å²) in [6, 6.07) is 35.8. The summed E-state index contributed by atoms with van der Waals surface area (Å²) in [7, 11) is -1.20. The van der Waals surface area contributed by atoms with Crippen LogP contribution in [0.25, 0.3) is 11.2 Å². The minimum atomic E-state index is -4.31. The average molecular weight is 905 g/mol. The number of para-hydroxylation sites is 1. The Hall–Kier alpha value is -5.71. The fourth-order valence-corrected chi connectivity index (χ4v) is 10.6. The van der Waals surface area contributed by atoms with Gasteiger partial charge in [-0.15, -0.1) is 0 Å². The zero-order valence-corrected chi connectivity index (χ0v) is 37.5. The number of aromatic nitrogens is 4. The van der Waals surface area contributed by atoms with Crippen molar-refractivity contribution in [2.75, 3.05) is 19.5 Å². The van der Waals surface area contributed by atoms with E-state index in [1.54, 1.807) is 56.1 Å². The van der Waals surface area contributed by atoms with E-state index in [4.69, 9.17) is 52.4 Å². The number of carbonyl (C=O) groups excluding carboxylic acids is 1. The maximum atomic E-state index is 14.8. The van der Waals surface area contributed by atoms with Gasteiger partial charge in [-0.05, 0) is 80.5 Å². The second kappa shape index (κ2) is 19.4. The maximum Gasteiger partial charge on any atom is 0.459 e. The molecule has 340 valence electrons. The summed E-state index contributed by atoms with van der Waals surface area (Å²) in [6.45, 7) is 2.24. The van der Waals surface area contributed by atoms with E-state index in [1.807, 2.05) is 66.7 Å². The zero-order chi connectivity index (χ0) is 45.0. The quantitative estimate of drug-likeness (QED) is 0.0508. The van der Waals surface area contributed by atoms with Gasteiger partial charge in [-0.1, -0.05) is 97.4 Å². The number of rotatable bonds is 17. The number of methoxy groups -OCH3 is 2. The van der Waals surface area contributed by atoms with Crippen LogP contribution in [0, 0.1) is 0 Å². The van der Waals surface area contributed by atoms with Crippen molar-refractivity contribution in [1.29, 1.82) is 0 Å². The number of hydrogen-bond acceptors (Lipinski definition) is 14. The number of esters is 1. The molecule has 8 atom stereocenters. The molecule has 4 heterocycles. The molecule has 1 saturated carbocycles. The van der Waals surface area contributed by atoms with Crippen LogP contribution in [-0.4, -0.2) is 82.7 Å². The van der Waals surface area contributed by atoms with Crippen molar-refractivity contribution in [2.24, 2.45) is 0 Å². The molecule has 9 rings (SSSR count). The predicted octanol–water partition coefficient (Wildman–Crippen LogP) is 8.30. The van der Waals surface area contributed by atoms with E-state index in [9.17, 15) is 9.36 Å². The fraction of sp³-hybridized carbons (Fsp3) is 0.375. The molecule has 2 aromatic heterocycles. The smallest absolute Gasteiger partial charge is 0.459 e. The lowest BCUT2D eigenvalue weighted by Crippen LogP contribution is -2.41. The van der Waals surface area contributed by atoms with Crippen LogP contribution >= 0.6 is 7.75 Å². The Morgan fingerprint density at radius 1 is 0.769 bits per heavy atom. The van der Waals surface area contributed by atoms with Crippen LogP contribution in [-0.2, 0) is 43.1 Å². The van der Waals surface area contributed by atoms with Crippen molar-refractivity contribution < 1.29 is 46.8 Å². The van der Waals surface area contributed by atoms with Gasteiger partial charge in [-0.3, -0.25) is 13.9 Å². The van der Waals surface area contributed by atoms with E-state index in [0.717, 1.165) is 54.5 Å². The van der Waals surface area contributed by atoms with Gasteiger partial charge >= 0.3 is 13.7 Å². The van der Waals surface area contributed by atoms with Gasteiger partial charge in [0.2, 0.25) is 0 Å². The van der Waals surface area contributed by atoms with E-state index in [1.165, 1.54) is 13.4 Å². The molecule has 17 heteroatoms. The van der Waals surface area contributed by atoms with Crippen LogP contribution < -0.4 is 19.7 Å². The Balaban J connectivity index is 1.03. The molecule has 2 unspecified atom stereocenters. The average Bonchev–Trinajstić information content (AvgIpc) is 4.06. The Labute approximate surface area is 377 Å². The lowest BCUT2D eigenvalue weighted by molar-refractivity contribution is -0.259. The van der Waals surface area contributed by atoms with Gasteiger partial charge in [0.25, 0.3) is 6.48 Å². The van der Waals surface area contributed by atoms with Gasteiger partial charge in [-0.2, -0.15) is 5.09 Å². The van der Waals surface area contributed by atoms with Crippen LogP contribution in [0.15, 0.2) is 128 Å². The molecule has 0 radical (unpaired) electrons.